The number of hydrogen-bond acceptors (Lipinski definition) is 2. The van der Waals surface area contributed by atoms with Crippen molar-refractivity contribution in [2.75, 3.05) is 13.1 Å². The number of halogens is 2. The second-order valence-electron chi connectivity index (χ2n) is 6.55. The van der Waals surface area contributed by atoms with E-state index in [0.717, 1.165) is 5.56 Å². The van der Waals surface area contributed by atoms with Gasteiger partial charge in [0.05, 0.1) is 6.42 Å². The maximum Gasteiger partial charge on any atom is 0.242 e. The summed E-state index contributed by atoms with van der Waals surface area (Å²) in [4.78, 5) is 27.4. The van der Waals surface area contributed by atoms with Gasteiger partial charge in [-0.2, -0.15) is 0 Å². The lowest BCUT2D eigenvalue weighted by molar-refractivity contribution is -0.140. The van der Waals surface area contributed by atoms with Gasteiger partial charge in [-0.1, -0.05) is 66.5 Å². The molecule has 0 spiro atoms. The van der Waals surface area contributed by atoms with Crippen molar-refractivity contribution in [3.8, 4) is 0 Å². The zero-order chi connectivity index (χ0) is 20.5. The van der Waals surface area contributed by atoms with Gasteiger partial charge < -0.3 is 10.2 Å². The molecule has 0 heterocycles. The fourth-order valence-corrected chi connectivity index (χ4v) is 3.59. The van der Waals surface area contributed by atoms with Gasteiger partial charge >= 0.3 is 0 Å². The molecular weight excluding hydrogens is 395 g/mol. The normalized spacial score (nSPS) is 11.7. The fraction of sp³-hybridized carbons (Fsp3) is 0.364. The van der Waals surface area contributed by atoms with Gasteiger partial charge in [-0.05, 0) is 43.0 Å². The molecule has 0 radical (unpaired) electrons. The Kier molecular flexibility index (Phi) is 8.81. The van der Waals surface area contributed by atoms with Crippen molar-refractivity contribution in [3.05, 3.63) is 69.7 Å². The summed E-state index contributed by atoms with van der Waals surface area (Å²) in [6, 6.07) is 14.5. The maximum atomic E-state index is 13.1. The maximum absolute atomic E-state index is 13.1. The number of likely N-dealkylation sites (N-methyl/N-ethyl adjacent to an activating group) is 1. The molecule has 0 aliphatic carbocycles. The van der Waals surface area contributed by atoms with E-state index in [1.807, 2.05) is 44.2 Å². The van der Waals surface area contributed by atoms with Crippen molar-refractivity contribution in [2.24, 2.45) is 0 Å². The Bertz CT molecular complexity index is 796. The summed E-state index contributed by atoms with van der Waals surface area (Å²) in [5.41, 5.74) is 1.82. The Morgan fingerprint density at radius 3 is 2.39 bits per heavy atom. The van der Waals surface area contributed by atoms with Gasteiger partial charge in [0.25, 0.3) is 0 Å². The van der Waals surface area contributed by atoms with Crippen molar-refractivity contribution in [2.45, 2.75) is 39.2 Å². The zero-order valence-corrected chi connectivity index (χ0v) is 17.8. The standard InChI is InChI=1S/C22H26Cl2N2O2/c1-3-20(22(28)25-4-2)26(13-12-16-8-6-5-7-9-16)21(27)14-17-10-11-18(23)15-19(17)24/h5-11,15,20H,3-4,12-14H2,1-2H3,(H,25,28)/t20-/m1/s1. The Morgan fingerprint density at radius 1 is 1.07 bits per heavy atom. The average Bonchev–Trinajstić information content (AvgIpc) is 2.68. The van der Waals surface area contributed by atoms with Crippen molar-refractivity contribution < 1.29 is 9.59 Å². The minimum Gasteiger partial charge on any atom is -0.355 e. The van der Waals surface area contributed by atoms with E-state index in [4.69, 9.17) is 23.2 Å². The molecule has 0 saturated heterocycles. The first kappa shape index (κ1) is 22.3. The third-order valence-electron chi connectivity index (χ3n) is 4.58. The van der Waals surface area contributed by atoms with Crippen molar-refractivity contribution in [1.29, 1.82) is 0 Å². The molecule has 2 aromatic carbocycles. The second kappa shape index (κ2) is 11.1. The topological polar surface area (TPSA) is 49.4 Å². The lowest BCUT2D eigenvalue weighted by Gasteiger charge is -2.30. The first-order valence-corrected chi connectivity index (χ1v) is 10.3. The van der Waals surface area contributed by atoms with Crippen LogP contribution in [0.2, 0.25) is 10.0 Å². The van der Waals surface area contributed by atoms with E-state index < -0.39 is 6.04 Å². The number of benzene rings is 2. The summed E-state index contributed by atoms with van der Waals surface area (Å²) in [5, 5.41) is 3.81. The lowest BCUT2D eigenvalue weighted by Crippen LogP contribution is -2.50. The Morgan fingerprint density at radius 2 is 1.79 bits per heavy atom. The third-order valence-corrected chi connectivity index (χ3v) is 5.16. The van der Waals surface area contributed by atoms with Gasteiger partial charge in [-0.3, -0.25) is 9.59 Å². The molecule has 4 nitrogen and oxygen atoms in total. The molecule has 6 heteroatoms. The van der Waals surface area contributed by atoms with Gasteiger partial charge in [0.2, 0.25) is 11.8 Å². The monoisotopic (exact) mass is 420 g/mol. The van der Waals surface area contributed by atoms with Crippen LogP contribution in [0.4, 0.5) is 0 Å². The summed E-state index contributed by atoms with van der Waals surface area (Å²) in [6.07, 6.45) is 1.35. The quantitative estimate of drug-likeness (QED) is 0.647. The highest BCUT2D eigenvalue weighted by Gasteiger charge is 2.28. The molecule has 0 aliphatic heterocycles. The smallest absolute Gasteiger partial charge is 0.242 e. The van der Waals surface area contributed by atoms with Gasteiger partial charge in [0, 0.05) is 23.1 Å². The Hall–Kier alpha value is -2.04. The molecule has 0 unspecified atom stereocenters. The first-order chi connectivity index (χ1) is 13.5. The van der Waals surface area contributed by atoms with E-state index in [1.54, 1.807) is 23.1 Å². The van der Waals surface area contributed by atoms with Gasteiger partial charge in [-0.25, -0.2) is 0 Å². The van der Waals surface area contributed by atoms with Crippen molar-refractivity contribution in [3.63, 3.8) is 0 Å². The highest BCUT2D eigenvalue weighted by Crippen LogP contribution is 2.22. The van der Waals surface area contributed by atoms with Crippen molar-refractivity contribution in [1.82, 2.24) is 10.2 Å². The van der Waals surface area contributed by atoms with Gasteiger partial charge in [0.1, 0.15) is 6.04 Å². The SMILES string of the molecule is CCNC(=O)[C@@H](CC)N(CCc1ccccc1)C(=O)Cc1ccc(Cl)cc1Cl. The van der Waals surface area contributed by atoms with E-state index in [2.05, 4.69) is 5.32 Å². The average molecular weight is 421 g/mol. The summed E-state index contributed by atoms with van der Waals surface area (Å²) in [6.45, 7) is 4.77. The van der Waals surface area contributed by atoms with Crippen LogP contribution < -0.4 is 5.32 Å². The van der Waals surface area contributed by atoms with Crippen LogP contribution in [-0.2, 0) is 22.4 Å². The third kappa shape index (κ3) is 6.25. The fourth-order valence-electron chi connectivity index (χ4n) is 3.12. The summed E-state index contributed by atoms with van der Waals surface area (Å²) in [5.74, 6) is -0.258. The van der Waals surface area contributed by atoms with E-state index in [9.17, 15) is 9.59 Å². The highest BCUT2D eigenvalue weighted by atomic mass is 35.5. The van der Waals surface area contributed by atoms with E-state index >= 15 is 0 Å². The van der Waals surface area contributed by atoms with E-state index in [0.29, 0.717) is 41.5 Å². The molecule has 28 heavy (non-hydrogen) atoms. The van der Waals surface area contributed by atoms with Crippen LogP contribution in [0.1, 0.15) is 31.4 Å². The van der Waals surface area contributed by atoms with E-state index in [-0.39, 0.29) is 18.2 Å². The van der Waals surface area contributed by atoms with E-state index in [1.165, 1.54) is 0 Å². The summed E-state index contributed by atoms with van der Waals surface area (Å²) >= 11 is 12.2. The molecule has 2 amide bonds. The number of amides is 2. The molecule has 0 saturated carbocycles. The molecule has 0 aliphatic rings. The molecular formula is C22H26Cl2N2O2. The summed E-state index contributed by atoms with van der Waals surface area (Å²) in [7, 11) is 0. The van der Waals surface area contributed by atoms with Crippen LogP contribution >= 0.6 is 23.2 Å². The Balaban J connectivity index is 2.21. The molecule has 2 aromatic rings. The van der Waals surface area contributed by atoms with Crippen LogP contribution in [0.5, 0.6) is 0 Å². The first-order valence-electron chi connectivity index (χ1n) is 9.51. The minimum absolute atomic E-state index is 0.126. The van der Waals surface area contributed by atoms with Crippen LogP contribution in [0.3, 0.4) is 0 Å². The predicted octanol–water partition coefficient (Wildman–Crippen LogP) is 4.52. The highest BCUT2D eigenvalue weighted by molar-refractivity contribution is 6.35. The number of rotatable bonds is 9. The number of nitrogens with zero attached hydrogens (tertiary/aromatic N) is 1. The zero-order valence-electron chi connectivity index (χ0n) is 16.3. The largest absolute Gasteiger partial charge is 0.355 e. The number of carbonyl (C=O) groups excluding carboxylic acids is 2. The minimum atomic E-state index is -0.512. The molecule has 1 N–H and O–H groups in total. The number of carbonyl (C=O) groups is 2. The van der Waals surface area contributed by atoms with Gasteiger partial charge in [-0.15, -0.1) is 0 Å². The molecule has 0 aromatic heterocycles. The Labute approximate surface area is 176 Å². The van der Waals surface area contributed by atoms with Crippen molar-refractivity contribution >= 4 is 35.0 Å². The predicted molar refractivity (Wildman–Crippen MR) is 115 cm³/mol. The van der Waals surface area contributed by atoms with Crippen LogP contribution in [-0.4, -0.2) is 35.8 Å². The van der Waals surface area contributed by atoms with Crippen LogP contribution in [0.25, 0.3) is 0 Å². The molecule has 1 atom stereocenters. The van der Waals surface area contributed by atoms with Crippen LogP contribution in [0, 0.1) is 0 Å². The van der Waals surface area contributed by atoms with Gasteiger partial charge in [0.15, 0.2) is 0 Å². The lowest BCUT2D eigenvalue weighted by atomic mass is 10.1. The number of hydrogen-bond donors (Lipinski definition) is 1. The molecule has 150 valence electrons. The molecule has 2 rings (SSSR count). The summed E-state index contributed by atoms with van der Waals surface area (Å²) < 4.78 is 0. The van der Waals surface area contributed by atoms with Crippen LogP contribution in [0.15, 0.2) is 48.5 Å². The second-order valence-corrected chi connectivity index (χ2v) is 7.40. The number of nitrogens with one attached hydrogen (secondary N) is 1. The molecule has 0 bridgehead atoms. The molecule has 0 fully saturated rings.